The van der Waals surface area contributed by atoms with Crippen LogP contribution in [0.2, 0.25) is 0 Å². The molecular formula is C20H24N2O2. The Morgan fingerprint density at radius 2 is 2.21 bits per heavy atom. The summed E-state index contributed by atoms with van der Waals surface area (Å²) < 4.78 is 5.69. The Morgan fingerprint density at radius 1 is 1.33 bits per heavy atom. The van der Waals surface area contributed by atoms with Gasteiger partial charge in [0.1, 0.15) is 0 Å². The Morgan fingerprint density at radius 3 is 2.92 bits per heavy atom. The largest absolute Gasteiger partial charge is 0.381 e. The lowest BCUT2D eigenvalue weighted by atomic mass is 9.88. The SMILES string of the molecule is CO[C@@H]1CCN(C(=O)c2cccnc2)C[C@@H]1Cc1cccc(C)c1. The first-order chi connectivity index (χ1) is 11.7. The number of carbonyl (C=O) groups excluding carboxylic acids is 1. The third-order valence-electron chi connectivity index (χ3n) is 4.74. The van der Waals surface area contributed by atoms with Gasteiger partial charge in [-0.15, -0.1) is 0 Å². The summed E-state index contributed by atoms with van der Waals surface area (Å²) in [4.78, 5) is 18.7. The number of amides is 1. The number of aromatic nitrogens is 1. The molecule has 0 radical (unpaired) electrons. The second-order valence-corrected chi connectivity index (χ2v) is 6.51. The van der Waals surface area contributed by atoms with Crippen molar-refractivity contribution in [3.8, 4) is 0 Å². The number of carbonyl (C=O) groups is 1. The van der Waals surface area contributed by atoms with Crippen molar-refractivity contribution in [2.45, 2.75) is 25.9 Å². The topological polar surface area (TPSA) is 42.4 Å². The maximum atomic E-state index is 12.7. The molecule has 4 heteroatoms. The van der Waals surface area contributed by atoms with Gasteiger partial charge >= 0.3 is 0 Å². The van der Waals surface area contributed by atoms with Gasteiger partial charge in [0.05, 0.1) is 11.7 Å². The molecule has 1 saturated heterocycles. The molecule has 2 atom stereocenters. The Kier molecular flexibility index (Phi) is 5.26. The molecule has 0 N–H and O–H groups in total. The lowest BCUT2D eigenvalue weighted by molar-refractivity contribution is -0.00301. The summed E-state index contributed by atoms with van der Waals surface area (Å²) >= 11 is 0. The van der Waals surface area contributed by atoms with Gasteiger partial charge in [-0.25, -0.2) is 0 Å². The number of hydrogen-bond acceptors (Lipinski definition) is 3. The van der Waals surface area contributed by atoms with Crippen LogP contribution >= 0.6 is 0 Å². The predicted molar refractivity (Wildman–Crippen MR) is 93.9 cm³/mol. The molecule has 2 aromatic rings. The summed E-state index contributed by atoms with van der Waals surface area (Å²) in [5.41, 5.74) is 3.22. The van der Waals surface area contributed by atoms with Crippen molar-refractivity contribution in [2.75, 3.05) is 20.2 Å². The highest BCUT2D eigenvalue weighted by Crippen LogP contribution is 2.25. The van der Waals surface area contributed by atoms with E-state index in [4.69, 9.17) is 4.74 Å². The maximum absolute atomic E-state index is 12.7. The number of methoxy groups -OCH3 is 1. The Bertz CT molecular complexity index is 687. The number of rotatable bonds is 4. The molecule has 1 aliphatic heterocycles. The average Bonchev–Trinajstić information content (AvgIpc) is 2.62. The third kappa shape index (κ3) is 3.82. The van der Waals surface area contributed by atoms with E-state index in [9.17, 15) is 4.79 Å². The molecule has 0 aliphatic carbocycles. The number of likely N-dealkylation sites (tertiary alicyclic amines) is 1. The van der Waals surface area contributed by atoms with Crippen molar-refractivity contribution in [3.63, 3.8) is 0 Å². The maximum Gasteiger partial charge on any atom is 0.255 e. The molecule has 126 valence electrons. The van der Waals surface area contributed by atoms with Gasteiger partial charge in [-0.1, -0.05) is 29.8 Å². The van der Waals surface area contributed by atoms with Crippen LogP contribution < -0.4 is 0 Å². The molecule has 1 fully saturated rings. The molecular weight excluding hydrogens is 300 g/mol. The second kappa shape index (κ2) is 7.58. The van der Waals surface area contributed by atoms with Crippen LogP contribution in [0.5, 0.6) is 0 Å². The summed E-state index contributed by atoms with van der Waals surface area (Å²) in [6.07, 6.45) is 5.33. The van der Waals surface area contributed by atoms with E-state index in [0.29, 0.717) is 11.5 Å². The first-order valence-electron chi connectivity index (χ1n) is 8.45. The van der Waals surface area contributed by atoms with Gasteiger partial charge in [0, 0.05) is 38.5 Å². The number of pyridine rings is 1. The fourth-order valence-corrected chi connectivity index (χ4v) is 3.52. The molecule has 0 saturated carbocycles. The number of benzene rings is 1. The second-order valence-electron chi connectivity index (χ2n) is 6.51. The number of piperidine rings is 1. The van der Waals surface area contributed by atoms with E-state index in [2.05, 4.69) is 36.2 Å². The van der Waals surface area contributed by atoms with E-state index in [1.807, 2.05) is 11.0 Å². The minimum Gasteiger partial charge on any atom is -0.381 e. The fourth-order valence-electron chi connectivity index (χ4n) is 3.52. The first-order valence-corrected chi connectivity index (χ1v) is 8.45. The zero-order chi connectivity index (χ0) is 16.9. The summed E-state index contributed by atoms with van der Waals surface area (Å²) in [5, 5.41) is 0. The van der Waals surface area contributed by atoms with E-state index in [1.165, 1.54) is 11.1 Å². The van der Waals surface area contributed by atoms with Crippen molar-refractivity contribution in [1.82, 2.24) is 9.88 Å². The van der Waals surface area contributed by atoms with Gasteiger partial charge < -0.3 is 9.64 Å². The minimum atomic E-state index is 0.0619. The lowest BCUT2D eigenvalue weighted by Crippen LogP contribution is -2.47. The molecule has 1 aromatic heterocycles. The van der Waals surface area contributed by atoms with Crippen LogP contribution in [0.1, 0.15) is 27.9 Å². The van der Waals surface area contributed by atoms with Crippen molar-refractivity contribution in [3.05, 3.63) is 65.5 Å². The first kappa shape index (κ1) is 16.7. The van der Waals surface area contributed by atoms with E-state index in [0.717, 1.165) is 25.9 Å². The Hall–Kier alpha value is -2.20. The van der Waals surface area contributed by atoms with Crippen LogP contribution in [0.3, 0.4) is 0 Å². The number of nitrogens with zero attached hydrogens (tertiary/aromatic N) is 2. The summed E-state index contributed by atoms with van der Waals surface area (Å²) in [5.74, 6) is 0.373. The monoisotopic (exact) mass is 324 g/mol. The molecule has 1 aromatic carbocycles. The van der Waals surface area contributed by atoms with Gasteiger partial charge in [0.2, 0.25) is 0 Å². The van der Waals surface area contributed by atoms with Crippen LogP contribution in [0, 0.1) is 12.8 Å². The average molecular weight is 324 g/mol. The van der Waals surface area contributed by atoms with Gasteiger partial charge in [-0.05, 0) is 37.5 Å². The van der Waals surface area contributed by atoms with Crippen LogP contribution in [-0.2, 0) is 11.2 Å². The zero-order valence-corrected chi connectivity index (χ0v) is 14.3. The molecule has 3 rings (SSSR count). The molecule has 1 aliphatic rings. The van der Waals surface area contributed by atoms with Gasteiger partial charge in [-0.2, -0.15) is 0 Å². The third-order valence-corrected chi connectivity index (χ3v) is 4.74. The van der Waals surface area contributed by atoms with Crippen LogP contribution in [-0.4, -0.2) is 42.1 Å². The number of hydrogen-bond donors (Lipinski definition) is 0. The van der Waals surface area contributed by atoms with Crippen LogP contribution in [0.25, 0.3) is 0 Å². The van der Waals surface area contributed by atoms with E-state index < -0.39 is 0 Å². The summed E-state index contributed by atoms with van der Waals surface area (Å²) in [7, 11) is 1.77. The standard InChI is InChI=1S/C20H24N2O2/c1-15-5-3-6-16(11-15)12-18-14-22(10-8-19(18)24-2)20(23)17-7-4-9-21-13-17/h3-7,9,11,13,18-19H,8,10,12,14H2,1-2H3/t18-,19+/m0/s1. The molecule has 0 bridgehead atoms. The van der Waals surface area contributed by atoms with E-state index in [1.54, 1.807) is 25.6 Å². The van der Waals surface area contributed by atoms with Crippen molar-refractivity contribution < 1.29 is 9.53 Å². The Labute approximate surface area is 143 Å². The molecule has 0 unspecified atom stereocenters. The highest BCUT2D eigenvalue weighted by atomic mass is 16.5. The van der Waals surface area contributed by atoms with Crippen LogP contribution in [0.15, 0.2) is 48.8 Å². The minimum absolute atomic E-state index is 0.0619. The van der Waals surface area contributed by atoms with Crippen molar-refractivity contribution in [2.24, 2.45) is 5.92 Å². The molecule has 24 heavy (non-hydrogen) atoms. The summed E-state index contributed by atoms with van der Waals surface area (Å²) in [6.45, 7) is 3.56. The fraction of sp³-hybridized carbons (Fsp3) is 0.400. The Balaban J connectivity index is 1.73. The van der Waals surface area contributed by atoms with Crippen LogP contribution in [0.4, 0.5) is 0 Å². The normalized spacial score (nSPS) is 20.8. The highest BCUT2D eigenvalue weighted by Gasteiger charge is 2.32. The molecule has 0 spiro atoms. The van der Waals surface area contributed by atoms with E-state index in [-0.39, 0.29) is 12.0 Å². The lowest BCUT2D eigenvalue weighted by Gasteiger charge is -2.38. The zero-order valence-electron chi connectivity index (χ0n) is 14.3. The van der Waals surface area contributed by atoms with Crippen molar-refractivity contribution in [1.29, 1.82) is 0 Å². The van der Waals surface area contributed by atoms with Gasteiger partial charge in [0.25, 0.3) is 5.91 Å². The quantitative estimate of drug-likeness (QED) is 0.868. The molecule has 2 heterocycles. The predicted octanol–water partition coefficient (Wildman–Crippen LogP) is 3.11. The summed E-state index contributed by atoms with van der Waals surface area (Å²) in [6, 6.07) is 12.2. The number of ether oxygens (including phenoxy) is 1. The van der Waals surface area contributed by atoms with Gasteiger partial charge in [0.15, 0.2) is 0 Å². The van der Waals surface area contributed by atoms with Gasteiger partial charge in [-0.3, -0.25) is 9.78 Å². The van der Waals surface area contributed by atoms with E-state index >= 15 is 0 Å². The highest BCUT2D eigenvalue weighted by molar-refractivity contribution is 5.93. The smallest absolute Gasteiger partial charge is 0.255 e. The molecule has 4 nitrogen and oxygen atoms in total. The van der Waals surface area contributed by atoms with Crippen molar-refractivity contribution >= 4 is 5.91 Å². The number of aryl methyl sites for hydroxylation is 1. The molecule has 1 amide bonds.